The lowest BCUT2D eigenvalue weighted by atomic mass is 9.78. The molecule has 1 aliphatic carbocycles. The number of carbonyl (C=O) groups is 1. The van der Waals surface area contributed by atoms with Crippen LogP contribution in [0.2, 0.25) is 5.02 Å². The van der Waals surface area contributed by atoms with E-state index in [1.54, 1.807) is 37.1 Å². The molecular weight excluding hydrogens is 906 g/mol. The summed E-state index contributed by atoms with van der Waals surface area (Å²) < 4.78 is 33.5. The molecule has 0 atom stereocenters. The fraction of sp³-hybridized carbons (Fsp3) is 0.556. The van der Waals surface area contributed by atoms with Crippen molar-refractivity contribution in [2.45, 2.75) is 109 Å². The van der Waals surface area contributed by atoms with Gasteiger partial charge < -0.3 is 24.5 Å². The molecule has 1 amide bonds. The van der Waals surface area contributed by atoms with Crippen LogP contribution in [0.1, 0.15) is 117 Å². The topological polar surface area (TPSA) is 118 Å². The molecule has 1 spiro atoms. The second kappa shape index (κ2) is 19.5. The number of piperidine rings is 2. The molecule has 5 aliphatic heterocycles. The molecule has 8 heterocycles. The summed E-state index contributed by atoms with van der Waals surface area (Å²) in [5.41, 5.74) is 8.37. The Hall–Kier alpha value is -5.59. The molecule has 3 aromatic heterocycles. The average molecular weight is 972 g/mol. The Bertz CT molecular complexity index is 2740. The van der Waals surface area contributed by atoms with Gasteiger partial charge in [0.1, 0.15) is 6.07 Å². The van der Waals surface area contributed by atoms with Gasteiger partial charge in [-0.2, -0.15) is 20.6 Å². The number of nitriles is 1. The molecule has 70 heavy (non-hydrogen) atoms. The van der Waals surface area contributed by atoms with Gasteiger partial charge in [-0.1, -0.05) is 11.6 Å². The van der Waals surface area contributed by atoms with E-state index in [-0.39, 0.29) is 17.5 Å². The van der Waals surface area contributed by atoms with Crippen LogP contribution in [0, 0.1) is 28.6 Å². The lowest BCUT2D eigenvalue weighted by Gasteiger charge is -2.39. The Labute approximate surface area is 415 Å². The molecule has 5 aromatic rings. The van der Waals surface area contributed by atoms with Crippen LogP contribution in [0.4, 0.5) is 31.8 Å². The fourth-order valence-corrected chi connectivity index (χ4v) is 13.1. The van der Waals surface area contributed by atoms with Gasteiger partial charge in [-0.25, -0.2) is 8.78 Å². The summed E-state index contributed by atoms with van der Waals surface area (Å²) in [6, 6.07) is 16.3. The summed E-state index contributed by atoms with van der Waals surface area (Å²) in [5.74, 6) is 3.13. The standard InChI is InChI=1S/C54H65ClF2N12O/c1-36(70)66-22-15-49-47(34-66)53(68-19-3-4-39-27-45(41-31-59-63(2)33-41)46(52(56)57)29-50(39)68)62-69(49)43-9-5-38(6-10-43)32-64-20-13-37(14-21-64)26-42-8-12-51(61-60-42)65-23-16-54(17-24-65)18-25-67(35-54)44-11-7-40(30-58)48(55)28-44/h7-8,11-12,27-29,31,33,37-38,43,52H,3-6,9-10,13-26,32,34-35H2,1-2H3. The molecule has 2 aromatic carbocycles. The molecule has 16 heteroatoms. The number of hydrogen-bond donors (Lipinski definition) is 0. The van der Waals surface area contributed by atoms with Crippen LogP contribution in [0.25, 0.3) is 11.1 Å². The summed E-state index contributed by atoms with van der Waals surface area (Å²) >= 11 is 6.37. The van der Waals surface area contributed by atoms with Crippen LogP contribution in [-0.2, 0) is 37.6 Å². The van der Waals surface area contributed by atoms with Crippen molar-refractivity contribution >= 4 is 40.5 Å². The quantitative estimate of drug-likeness (QED) is 0.134. The number of fused-ring (bicyclic) bond motifs is 2. The molecule has 0 bridgehead atoms. The first-order valence-electron chi connectivity index (χ1n) is 25.8. The third-order valence-electron chi connectivity index (χ3n) is 17.0. The van der Waals surface area contributed by atoms with Crippen molar-refractivity contribution in [2.75, 3.05) is 73.6 Å². The highest BCUT2D eigenvalue weighted by atomic mass is 35.5. The summed E-state index contributed by atoms with van der Waals surface area (Å²) in [6.07, 6.45) is 14.5. The number of carbonyl (C=O) groups excluding carboxylic acids is 1. The van der Waals surface area contributed by atoms with Gasteiger partial charge in [0.15, 0.2) is 11.6 Å². The number of likely N-dealkylation sites (tertiary alicyclic amines) is 1. The highest BCUT2D eigenvalue weighted by Gasteiger charge is 2.41. The number of hydrogen-bond acceptors (Lipinski definition) is 10. The maximum absolute atomic E-state index is 14.8. The van der Waals surface area contributed by atoms with E-state index in [2.05, 4.69) is 47.6 Å². The van der Waals surface area contributed by atoms with Gasteiger partial charge in [-0.3, -0.25) is 14.2 Å². The van der Waals surface area contributed by atoms with E-state index in [1.165, 1.54) is 25.0 Å². The maximum atomic E-state index is 14.8. The van der Waals surface area contributed by atoms with E-state index in [4.69, 9.17) is 26.9 Å². The van der Waals surface area contributed by atoms with Crippen molar-refractivity contribution < 1.29 is 13.6 Å². The molecule has 368 valence electrons. The Morgan fingerprint density at radius 2 is 1.69 bits per heavy atom. The Kier molecular flexibility index (Phi) is 13.1. The molecule has 0 unspecified atom stereocenters. The molecular formula is C54H65ClF2N12O. The maximum Gasteiger partial charge on any atom is 0.264 e. The Morgan fingerprint density at radius 1 is 0.900 bits per heavy atom. The zero-order valence-corrected chi connectivity index (χ0v) is 41.4. The predicted octanol–water partition coefficient (Wildman–Crippen LogP) is 9.71. The number of aromatic nitrogens is 6. The summed E-state index contributed by atoms with van der Waals surface area (Å²) in [6.45, 7) is 10.9. The van der Waals surface area contributed by atoms with Gasteiger partial charge in [0.05, 0.1) is 35.1 Å². The minimum atomic E-state index is -2.64. The molecule has 0 N–H and O–H groups in total. The normalized spacial score (nSPS) is 21.9. The van der Waals surface area contributed by atoms with Crippen molar-refractivity contribution in [2.24, 2.45) is 24.3 Å². The van der Waals surface area contributed by atoms with Gasteiger partial charge in [0.2, 0.25) is 5.91 Å². The lowest BCUT2D eigenvalue weighted by Crippen LogP contribution is -2.42. The van der Waals surface area contributed by atoms with Crippen LogP contribution in [0.5, 0.6) is 0 Å². The van der Waals surface area contributed by atoms with Crippen LogP contribution in [-0.4, -0.2) is 104 Å². The van der Waals surface area contributed by atoms with E-state index in [0.717, 1.165) is 150 Å². The average Bonchev–Trinajstić information content (AvgIpc) is 4.11. The van der Waals surface area contributed by atoms with Crippen molar-refractivity contribution in [1.82, 2.24) is 39.6 Å². The first-order chi connectivity index (χ1) is 34.0. The van der Waals surface area contributed by atoms with E-state index < -0.39 is 6.43 Å². The molecule has 0 radical (unpaired) electrons. The summed E-state index contributed by atoms with van der Waals surface area (Å²) in [5, 5.41) is 29.0. The minimum absolute atomic E-state index is 0.00793. The largest absolute Gasteiger partial charge is 0.371 e. The number of amides is 1. The Morgan fingerprint density at radius 3 is 2.37 bits per heavy atom. The SMILES string of the molecule is CC(=O)N1CCc2c(c(N3CCCc4cc(-c5cnn(C)c5)c(C(F)F)cc43)nn2C2CCC(CN3CCC(Cc4ccc(N5CCC6(CCN(c7ccc(C#N)c(Cl)c7)C6)CC5)nn4)CC3)CC2)C1. The van der Waals surface area contributed by atoms with Gasteiger partial charge >= 0.3 is 0 Å². The van der Waals surface area contributed by atoms with Crippen LogP contribution < -0.4 is 14.7 Å². The zero-order valence-electron chi connectivity index (χ0n) is 40.7. The van der Waals surface area contributed by atoms with Gasteiger partial charge in [-0.15, -0.1) is 5.10 Å². The smallest absolute Gasteiger partial charge is 0.264 e. The molecule has 13 nitrogen and oxygen atoms in total. The number of halogens is 3. The van der Waals surface area contributed by atoms with Gasteiger partial charge in [-0.05, 0) is 161 Å². The number of aryl methyl sites for hydroxylation is 2. The lowest BCUT2D eigenvalue weighted by molar-refractivity contribution is -0.129. The van der Waals surface area contributed by atoms with Crippen LogP contribution >= 0.6 is 11.6 Å². The van der Waals surface area contributed by atoms with Gasteiger partial charge in [0.25, 0.3) is 6.43 Å². The number of benzene rings is 2. The van der Waals surface area contributed by atoms with E-state index in [9.17, 15) is 18.8 Å². The molecule has 4 fully saturated rings. The zero-order chi connectivity index (χ0) is 48.1. The minimum Gasteiger partial charge on any atom is -0.371 e. The number of anilines is 4. The number of rotatable bonds is 10. The summed E-state index contributed by atoms with van der Waals surface area (Å²) in [4.78, 5) is 24.3. The first kappa shape index (κ1) is 46.8. The van der Waals surface area contributed by atoms with E-state index in [0.29, 0.717) is 58.6 Å². The highest BCUT2D eigenvalue weighted by Crippen LogP contribution is 2.46. The highest BCUT2D eigenvalue weighted by molar-refractivity contribution is 6.32. The van der Waals surface area contributed by atoms with Crippen molar-refractivity contribution in [3.8, 4) is 17.2 Å². The predicted molar refractivity (Wildman–Crippen MR) is 269 cm³/mol. The first-order valence-corrected chi connectivity index (χ1v) is 26.2. The molecule has 6 aliphatic rings. The number of alkyl halides is 2. The molecule has 1 saturated carbocycles. The second-order valence-electron chi connectivity index (χ2n) is 21.4. The van der Waals surface area contributed by atoms with Crippen LogP contribution in [0.15, 0.2) is 54.9 Å². The molecule has 11 rings (SSSR count). The monoisotopic (exact) mass is 971 g/mol. The van der Waals surface area contributed by atoms with Gasteiger partial charge in [0, 0.05) is 106 Å². The number of nitrogens with zero attached hydrogens (tertiary/aromatic N) is 12. The Balaban J connectivity index is 0.675. The third kappa shape index (κ3) is 9.38. The summed E-state index contributed by atoms with van der Waals surface area (Å²) in [7, 11) is 1.80. The van der Waals surface area contributed by atoms with E-state index in [1.807, 2.05) is 29.2 Å². The third-order valence-corrected chi connectivity index (χ3v) is 17.3. The van der Waals surface area contributed by atoms with Crippen molar-refractivity contribution in [3.05, 3.63) is 93.5 Å². The fourth-order valence-electron chi connectivity index (χ4n) is 12.9. The second-order valence-corrected chi connectivity index (χ2v) is 21.8. The van der Waals surface area contributed by atoms with Crippen LogP contribution in [0.3, 0.4) is 0 Å². The van der Waals surface area contributed by atoms with Crippen molar-refractivity contribution in [1.29, 1.82) is 5.26 Å². The van der Waals surface area contributed by atoms with Crippen molar-refractivity contribution in [3.63, 3.8) is 0 Å². The molecule has 3 saturated heterocycles. The van der Waals surface area contributed by atoms with E-state index >= 15 is 0 Å².